The van der Waals surface area contributed by atoms with Crippen molar-refractivity contribution in [2.75, 3.05) is 13.1 Å². The fourth-order valence-corrected chi connectivity index (χ4v) is 3.78. The second-order valence-electron chi connectivity index (χ2n) is 6.99. The molecular weight excluding hydrogens is 316 g/mol. The number of hydrogen-bond donors (Lipinski definition) is 2. The minimum atomic E-state index is -0.748. The van der Waals surface area contributed by atoms with Crippen LogP contribution in [0, 0.1) is 5.92 Å². The number of para-hydroxylation sites is 1. The number of likely N-dealkylation sites (tertiary alicyclic amines) is 1. The van der Waals surface area contributed by atoms with E-state index in [1.165, 1.54) is 10.9 Å². The maximum absolute atomic E-state index is 12.5. The molecule has 1 saturated heterocycles. The molecule has 1 atom stereocenters. The topological polar surface area (TPSA) is 73.4 Å². The Kier molecular flexibility index (Phi) is 5.74. The maximum Gasteiger partial charge on any atom is 0.303 e. The van der Waals surface area contributed by atoms with Gasteiger partial charge in [-0.25, -0.2) is 0 Å². The Morgan fingerprint density at radius 2 is 2.08 bits per heavy atom. The van der Waals surface area contributed by atoms with Crippen LogP contribution in [0.4, 0.5) is 0 Å². The van der Waals surface area contributed by atoms with E-state index in [4.69, 9.17) is 5.11 Å². The molecule has 1 aliphatic rings. The number of carbonyl (C=O) groups is 2. The van der Waals surface area contributed by atoms with Gasteiger partial charge in [-0.2, -0.15) is 0 Å². The molecule has 1 aromatic carbocycles. The molecule has 1 aromatic heterocycles. The molecule has 0 saturated carbocycles. The minimum absolute atomic E-state index is 0.202. The number of piperidine rings is 1. The highest BCUT2D eigenvalue weighted by atomic mass is 16.4. The average Bonchev–Trinajstić information content (AvgIpc) is 3.03. The lowest BCUT2D eigenvalue weighted by molar-refractivity contribution is -0.137. The molecule has 25 heavy (non-hydrogen) atoms. The third-order valence-corrected chi connectivity index (χ3v) is 5.15. The van der Waals surface area contributed by atoms with Gasteiger partial charge in [0.2, 0.25) is 5.91 Å². The number of nitrogens with one attached hydrogen (secondary N) is 1. The Balaban J connectivity index is 1.46. The quantitative estimate of drug-likeness (QED) is 0.807. The van der Waals surface area contributed by atoms with Gasteiger partial charge in [0, 0.05) is 43.0 Å². The van der Waals surface area contributed by atoms with Crippen LogP contribution in [0.15, 0.2) is 30.5 Å². The van der Waals surface area contributed by atoms with Crippen molar-refractivity contribution >= 4 is 22.8 Å². The number of carbonyl (C=O) groups excluding carboxylic acids is 1. The van der Waals surface area contributed by atoms with E-state index >= 15 is 0 Å². The normalized spacial score (nSPS) is 17.8. The minimum Gasteiger partial charge on any atom is -0.481 e. The van der Waals surface area contributed by atoms with Crippen LogP contribution < -0.4 is 0 Å². The second-order valence-corrected chi connectivity index (χ2v) is 6.99. The molecule has 1 amide bonds. The zero-order chi connectivity index (χ0) is 17.6. The van der Waals surface area contributed by atoms with Crippen molar-refractivity contribution < 1.29 is 14.7 Å². The van der Waals surface area contributed by atoms with Gasteiger partial charge in [0.15, 0.2) is 0 Å². The predicted octanol–water partition coefficient (Wildman–Crippen LogP) is 3.59. The Morgan fingerprint density at radius 1 is 1.24 bits per heavy atom. The number of amides is 1. The van der Waals surface area contributed by atoms with Crippen LogP contribution in [0.2, 0.25) is 0 Å². The van der Waals surface area contributed by atoms with E-state index < -0.39 is 5.97 Å². The number of aliphatic carboxylic acids is 1. The molecule has 0 aliphatic carbocycles. The molecule has 1 aliphatic heterocycles. The average molecular weight is 342 g/mol. The number of benzene rings is 1. The van der Waals surface area contributed by atoms with E-state index in [2.05, 4.69) is 17.1 Å². The number of aromatic nitrogens is 1. The summed E-state index contributed by atoms with van der Waals surface area (Å²) in [6.07, 6.45) is 7.23. The largest absolute Gasteiger partial charge is 0.481 e. The summed E-state index contributed by atoms with van der Waals surface area (Å²) in [5, 5.41) is 10.1. The number of carboxylic acids is 1. The fourth-order valence-electron chi connectivity index (χ4n) is 3.78. The molecule has 0 bridgehead atoms. The van der Waals surface area contributed by atoms with Crippen molar-refractivity contribution in [3.05, 3.63) is 36.0 Å². The lowest BCUT2D eigenvalue weighted by atomic mass is 9.93. The highest BCUT2D eigenvalue weighted by molar-refractivity contribution is 5.83. The van der Waals surface area contributed by atoms with Crippen molar-refractivity contribution in [2.24, 2.45) is 5.92 Å². The van der Waals surface area contributed by atoms with Crippen LogP contribution in [0.25, 0.3) is 10.9 Å². The van der Waals surface area contributed by atoms with E-state index in [1.54, 1.807) is 0 Å². The number of carboxylic acid groups (broad SMARTS) is 1. The first-order valence-corrected chi connectivity index (χ1v) is 9.18. The lowest BCUT2D eigenvalue weighted by Gasteiger charge is -2.32. The van der Waals surface area contributed by atoms with Gasteiger partial charge in [-0.15, -0.1) is 0 Å². The monoisotopic (exact) mass is 342 g/mol. The third-order valence-electron chi connectivity index (χ3n) is 5.15. The van der Waals surface area contributed by atoms with Gasteiger partial charge in [0.05, 0.1) is 0 Å². The molecule has 0 radical (unpaired) electrons. The highest BCUT2D eigenvalue weighted by Gasteiger charge is 2.23. The van der Waals surface area contributed by atoms with Crippen LogP contribution in [-0.2, 0) is 16.0 Å². The maximum atomic E-state index is 12.5. The van der Waals surface area contributed by atoms with Crippen molar-refractivity contribution in [1.29, 1.82) is 0 Å². The Labute approximate surface area is 148 Å². The SMILES string of the molecule is O=C(O)CCC1CCCN(C(=O)CCCc2c[nH]c3ccccc23)C1. The van der Waals surface area contributed by atoms with E-state index in [9.17, 15) is 9.59 Å². The highest BCUT2D eigenvalue weighted by Crippen LogP contribution is 2.23. The first kappa shape index (κ1) is 17.5. The molecule has 1 fully saturated rings. The molecule has 5 heteroatoms. The Hall–Kier alpha value is -2.30. The van der Waals surface area contributed by atoms with Crippen LogP contribution in [-0.4, -0.2) is 40.0 Å². The molecule has 1 unspecified atom stereocenters. The molecular formula is C20H26N2O3. The number of H-pyrrole nitrogens is 1. The Morgan fingerprint density at radius 3 is 2.92 bits per heavy atom. The predicted molar refractivity (Wildman–Crippen MR) is 97.4 cm³/mol. The zero-order valence-corrected chi connectivity index (χ0v) is 14.5. The van der Waals surface area contributed by atoms with Gasteiger partial charge in [0.25, 0.3) is 0 Å². The van der Waals surface area contributed by atoms with Crippen LogP contribution in [0.5, 0.6) is 0 Å². The fraction of sp³-hybridized carbons (Fsp3) is 0.500. The number of hydrogen-bond acceptors (Lipinski definition) is 2. The van der Waals surface area contributed by atoms with Gasteiger partial charge in [-0.1, -0.05) is 18.2 Å². The summed E-state index contributed by atoms with van der Waals surface area (Å²) >= 11 is 0. The molecule has 134 valence electrons. The molecule has 2 heterocycles. The van der Waals surface area contributed by atoms with Gasteiger partial charge < -0.3 is 15.0 Å². The van der Waals surface area contributed by atoms with Crippen molar-refractivity contribution in [3.8, 4) is 0 Å². The molecule has 2 N–H and O–H groups in total. The summed E-state index contributed by atoms with van der Waals surface area (Å²) in [7, 11) is 0. The molecule has 2 aromatic rings. The zero-order valence-electron chi connectivity index (χ0n) is 14.5. The summed E-state index contributed by atoms with van der Waals surface area (Å²) in [5.74, 6) is -0.204. The standard InChI is InChI=1S/C20H26N2O3/c23-19(22-12-4-5-15(14-22)10-11-20(24)25)9-3-6-16-13-21-18-8-2-1-7-17(16)18/h1-2,7-8,13,15,21H,3-6,9-12,14H2,(H,24,25). The molecule has 0 spiro atoms. The lowest BCUT2D eigenvalue weighted by Crippen LogP contribution is -2.40. The van der Waals surface area contributed by atoms with E-state index in [1.807, 2.05) is 23.2 Å². The smallest absolute Gasteiger partial charge is 0.303 e. The number of nitrogens with zero attached hydrogens (tertiary/aromatic N) is 1. The van der Waals surface area contributed by atoms with Crippen LogP contribution >= 0.6 is 0 Å². The van der Waals surface area contributed by atoms with Crippen molar-refractivity contribution in [1.82, 2.24) is 9.88 Å². The summed E-state index contributed by atoms with van der Waals surface area (Å²) in [6, 6.07) is 8.23. The van der Waals surface area contributed by atoms with Crippen LogP contribution in [0.1, 0.15) is 44.1 Å². The van der Waals surface area contributed by atoms with Crippen LogP contribution in [0.3, 0.4) is 0 Å². The van der Waals surface area contributed by atoms with Gasteiger partial charge in [-0.3, -0.25) is 9.59 Å². The first-order chi connectivity index (χ1) is 12.1. The van der Waals surface area contributed by atoms with Crippen molar-refractivity contribution in [2.45, 2.75) is 44.9 Å². The summed E-state index contributed by atoms with van der Waals surface area (Å²) in [6.45, 7) is 1.54. The molecule has 3 rings (SSSR count). The summed E-state index contributed by atoms with van der Waals surface area (Å²) in [4.78, 5) is 28.4. The Bertz CT molecular complexity index is 737. The van der Waals surface area contributed by atoms with E-state index in [0.717, 1.165) is 44.3 Å². The number of fused-ring (bicyclic) bond motifs is 1. The molecule has 5 nitrogen and oxygen atoms in total. The van der Waals surface area contributed by atoms with E-state index in [-0.39, 0.29) is 12.3 Å². The first-order valence-electron chi connectivity index (χ1n) is 9.18. The second kappa shape index (κ2) is 8.19. The number of rotatable bonds is 7. The van der Waals surface area contributed by atoms with E-state index in [0.29, 0.717) is 18.8 Å². The van der Waals surface area contributed by atoms with Gasteiger partial charge >= 0.3 is 5.97 Å². The number of aryl methyl sites for hydroxylation is 1. The third kappa shape index (κ3) is 4.62. The van der Waals surface area contributed by atoms with Gasteiger partial charge in [-0.05, 0) is 49.7 Å². The number of aromatic amines is 1. The summed E-state index contributed by atoms with van der Waals surface area (Å²) < 4.78 is 0. The van der Waals surface area contributed by atoms with Gasteiger partial charge in [0.1, 0.15) is 0 Å². The van der Waals surface area contributed by atoms with Crippen molar-refractivity contribution in [3.63, 3.8) is 0 Å². The summed E-state index contributed by atoms with van der Waals surface area (Å²) in [5.41, 5.74) is 2.41.